The number of nitrogens with zero attached hydrogens (tertiary/aromatic N) is 3. The molecular weight excluding hydrogens is 369 g/mol. The average molecular weight is 387 g/mol. The number of rotatable bonds is 5. The Hall–Kier alpha value is 0.0921. The molecule has 0 aliphatic carbocycles. The summed E-state index contributed by atoms with van der Waals surface area (Å²) in [6.07, 6.45) is 1.90. The van der Waals surface area contributed by atoms with Crippen molar-refractivity contribution in [1.29, 1.82) is 0 Å². The number of hydrogen-bond donors (Lipinski definition) is 0. The Kier molecular flexibility index (Phi) is 5.08. The van der Waals surface area contributed by atoms with Crippen molar-refractivity contribution in [3.8, 4) is 0 Å². The van der Waals surface area contributed by atoms with E-state index in [1.165, 1.54) is 35.4 Å². The van der Waals surface area contributed by atoms with Crippen molar-refractivity contribution in [3.05, 3.63) is 18.0 Å². The fraction of sp³-hybridized carbons (Fsp3) is 0.700. The van der Waals surface area contributed by atoms with Crippen LogP contribution in [0.4, 0.5) is 0 Å². The summed E-state index contributed by atoms with van der Waals surface area (Å²) in [5, 5.41) is 4.33. The van der Waals surface area contributed by atoms with Crippen LogP contribution in [0.25, 0.3) is 0 Å². The van der Waals surface area contributed by atoms with E-state index in [1.54, 1.807) is 0 Å². The third-order valence-corrected chi connectivity index (χ3v) is 3.29. The van der Waals surface area contributed by atoms with E-state index >= 15 is 0 Å². The second-order valence-electron chi connectivity index (χ2n) is 3.80. The molecule has 0 N–H and O–H groups in total. The van der Waals surface area contributed by atoms with Crippen molar-refractivity contribution in [1.82, 2.24) is 14.7 Å². The fourth-order valence-electron chi connectivity index (χ4n) is 1.24. The van der Waals surface area contributed by atoms with E-state index in [2.05, 4.69) is 41.6 Å². The minimum atomic E-state index is 0.592. The zero-order chi connectivity index (χ0) is 10.6. The van der Waals surface area contributed by atoms with Crippen LogP contribution in [0.2, 0.25) is 3.98 Å². The maximum absolute atomic E-state index is 4.33. The van der Waals surface area contributed by atoms with Gasteiger partial charge in [0, 0.05) is 0 Å². The molecule has 3 radical (unpaired) electrons. The second-order valence-corrected chi connectivity index (χ2v) is 5.75. The summed E-state index contributed by atoms with van der Waals surface area (Å²) in [5.41, 5.74) is 1.33. The zero-order valence-electron chi connectivity index (χ0n) is 9.20. The summed E-state index contributed by atoms with van der Waals surface area (Å²) in [7, 11) is 2.16. The maximum atomic E-state index is 4.33. The summed E-state index contributed by atoms with van der Waals surface area (Å²) >= 11 is 1.25. The van der Waals surface area contributed by atoms with Crippen molar-refractivity contribution < 1.29 is 0 Å². The van der Waals surface area contributed by atoms with Crippen LogP contribution in [0, 0.1) is 0 Å². The van der Waals surface area contributed by atoms with Gasteiger partial charge >= 0.3 is 102 Å². The Labute approximate surface area is 102 Å². The molecule has 0 saturated heterocycles. The molecule has 1 aromatic heterocycles. The van der Waals surface area contributed by atoms with E-state index in [0.717, 1.165) is 13.1 Å². The van der Waals surface area contributed by atoms with Gasteiger partial charge in [-0.2, -0.15) is 0 Å². The first-order chi connectivity index (χ1) is 6.65. The van der Waals surface area contributed by atoms with Gasteiger partial charge in [-0.3, -0.25) is 0 Å². The van der Waals surface area contributed by atoms with Crippen LogP contribution in [0.1, 0.15) is 19.5 Å². The molecule has 4 heteroatoms. The Morgan fingerprint density at radius 1 is 1.57 bits per heavy atom. The molecule has 0 spiro atoms. The fourth-order valence-corrected chi connectivity index (χ4v) is 2.06. The first-order valence-corrected chi connectivity index (χ1v) is 7.75. The molecular formula is C10H18N3Pb. The van der Waals surface area contributed by atoms with Crippen LogP contribution in [0.15, 0.2) is 12.3 Å². The third kappa shape index (κ3) is 3.34. The van der Waals surface area contributed by atoms with Crippen molar-refractivity contribution in [2.45, 2.75) is 37.0 Å². The van der Waals surface area contributed by atoms with Crippen LogP contribution < -0.4 is 0 Å². The molecule has 0 amide bonds. The summed E-state index contributed by atoms with van der Waals surface area (Å²) < 4.78 is 3.41. The van der Waals surface area contributed by atoms with Gasteiger partial charge in [-0.25, -0.2) is 0 Å². The molecule has 0 aromatic carbocycles. The third-order valence-electron chi connectivity index (χ3n) is 2.42. The minimum absolute atomic E-state index is 0.592. The van der Waals surface area contributed by atoms with Crippen molar-refractivity contribution in [2.24, 2.45) is 0 Å². The Morgan fingerprint density at radius 2 is 2.29 bits per heavy atom. The van der Waals surface area contributed by atoms with E-state index < -0.39 is 0 Å². The molecule has 77 valence electrons. The van der Waals surface area contributed by atoms with Crippen LogP contribution >= 0.6 is 0 Å². The van der Waals surface area contributed by atoms with Gasteiger partial charge in [0.2, 0.25) is 0 Å². The van der Waals surface area contributed by atoms with Crippen LogP contribution in [-0.4, -0.2) is 53.5 Å². The van der Waals surface area contributed by atoms with E-state index in [4.69, 9.17) is 0 Å². The summed E-state index contributed by atoms with van der Waals surface area (Å²) in [5.74, 6) is 0. The first kappa shape index (κ1) is 12.2. The van der Waals surface area contributed by atoms with E-state index in [0.29, 0.717) is 6.04 Å². The summed E-state index contributed by atoms with van der Waals surface area (Å²) in [6, 6.07) is 2.71. The van der Waals surface area contributed by atoms with Gasteiger partial charge in [-0.05, 0) is 0 Å². The van der Waals surface area contributed by atoms with Crippen molar-refractivity contribution in [3.63, 3.8) is 0 Å². The predicted molar refractivity (Wildman–Crippen MR) is 59.4 cm³/mol. The van der Waals surface area contributed by atoms with Crippen LogP contribution in [0.5, 0.6) is 0 Å². The van der Waals surface area contributed by atoms with Gasteiger partial charge in [0.25, 0.3) is 0 Å². The zero-order valence-corrected chi connectivity index (χ0v) is 13.1. The van der Waals surface area contributed by atoms with E-state index in [-0.39, 0.29) is 0 Å². The molecule has 0 atom stereocenters. The van der Waals surface area contributed by atoms with Gasteiger partial charge in [0.1, 0.15) is 0 Å². The topological polar surface area (TPSA) is 21.1 Å². The Morgan fingerprint density at radius 3 is 2.86 bits per heavy atom. The molecule has 1 heterocycles. The Bertz CT molecular complexity index is 270. The SMILES string of the molecule is CC(C)N(C)Cc1ccnn1C[CH2][Pb]. The number of hydrogen-bond acceptors (Lipinski definition) is 2. The number of aryl methyl sites for hydroxylation is 1. The number of aromatic nitrogens is 2. The molecule has 0 unspecified atom stereocenters. The van der Waals surface area contributed by atoms with Crippen molar-refractivity contribution in [2.75, 3.05) is 7.05 Å². The molecule has 0 saturated carbocycles. The molecule has 0 aliphatic heterocycles. The normalized spacial score (nSPS) is 11.6. The predicted octanol–water partition coefficient (Wildman–Crippen LogP) is 1.31. The molecule has 0 bridgehead atoms. The Balaban J connectivity index is 2.61. The van der Waals surface area contributed by atoms with Gasteiger partial charge in [-0.15, -0.1) is 0 Å². The van der Waals surface area contributed by atoms with Crippen LogP contribution in [0.3, 0.4) is 0 Å². The van der Waals surface area contributed by atoms with Crippen molar-refractivity contribution >= 4 is 25.8 Å². The molecule has 3 nitrogen and oxygen atoms in total. The standard InChI is InChI=1S/C10H18N3.Pb/c1-5-13-10(6-7-11-13)8-12(4)9(2)3;/h6-7,9H,1,5,8H2,2-4H3;. The van der Waals surface area contributed by atoms with E-state index in [1.807, 2.05) is 6.20 Å². The summed E-state index contributed by atoms with van der Waals surface area (Å²) in [6.45, 7) is 6.51. The summed E-state index contributed by atoms with van der Waals surface area (Å²) in [4.78, 5) is 2.33. The molecule has 14 heavy (non-hydrogen) atoms. The molecule has 0 fully saturated rings. The second kappa shape index (κ2) is 5.85. The average Bonchev–Trinajstić information content (AvgIpc) is 2.53. The first-order valence-electron chi connectivity index (χ1n) is 5.00. The van der Waals surface area contributed by atoms with Gasteiger partial charge in [-0.1, -0.05) is 0 Å². The van der Waals surface area contributed by atoms with E-state index in [9.17, 15) is 0 Å². The quantitative estimate of drug-likeness (QED) is 0.711. The van der Waals surface area contributed by atoms with Crippen LogP contribution in [-0.2, 0) is 13.1 Å². The van der Waals surface area contributed by atoms with Gasteiger partial charge < -0.3 is 0 Å². The molecule has 0 aliphatic rings. The van der Waals surface area contributed by atoms with Gasteiger partial charge in [0.05, 0.1) is 0 Å². The molecule has 1 rings (SSSR count). The monoisotopic (exact) mass is 388 g/mol. The van der Waals surface area contributed by atoms with Gasteiger partial charge in [0.15, 0.2) is 0 Å². The molecule has 1 aromatic rings.